The van der Waals surface area contributed by atoms with E-state index in [-0.39, 0.29) is 0 Å². The maximum absolute atomic E-state index is 5.61. The van der Waals surface area contributed by atoms with Crippen molar-refractivity contribution in [2.45, 2.75) is 6.92 Å². The second-order valence-electron chi connectivity index (χ2n) is 3.29. The molecule has 0 aliphatic carbocycles. The number of nitrogens with zero attached hydrogens (tertiary/aromatic N) is 2. The van der Waals surface area contributed by atoms with Gasteiger partial charge in [-0.05, 0) is 31.6 Å². The van der Waals surface area contributed by atoms with Crippen LogP contribution in [0.3, 0.4) is 0 Å². The summed E-state index contributed by atoms with van der Waals surface area (Å²) in [4.78, 5) is 0. The summed E-state index contributed by atoms with van der Waals surface area (Å²) in [6, 6.07) is 3.54. The average molecular weight is 215 g/mol. The van der Waals surface area contributed by atoms with Crippen LogP contribution in [0, 0.1) is 5.92 Å². The van der Waals surface area contributed by atoms with Crippen molar-refractivity contribution in [3.63, 3.8) is 0 Å². The van der Waals surface area contributed by atoms with Gasteiger partial charge in [0.05, 0.1) is 0 Å². The molecule has 1 aromatic heterocycles. The van der Waals surface area contributed by atoms with Crippen LogP contribution in [-0.4, -0.2) is 30.3 Å². The van der Waals surface area contributed by atoms with E-state index in [4.69, 9.17) is 11.6 Å². The molecule has 0 fully saturated rings. The minimum Gasteiger partial charge on any atom is -0.368 e. The van der Waals surface area contributed by atoms with Crippen molar-refractivity contribution in [2.75, 3.05) is 25.5 Å². The molecular formula is C9H15ClN4. The summed E-state index contributed by atoms with van der Waals surface area (Å²) in [7, 11) is 1.94. The molecule has 5 heteroatoms. The molecule has 14 heavy (non-hydrogen) atoms. The van der Waals surface area contributed by atoms with Gasteiger partial charge in [-0.25, -0.2) is 0 Å². The average Bonchev–Trinajstić information content (AvgIpc) is 2.17. The molecule has 0 saturated carbocycles. The van der Waals surface area contributed by atoms with Crippen LogP contribution in [0.1, 0.15) is 6.92 Å². The van der Waals surface area contributed by atoms with Crippen molar-refractivity contribution in [1.82, 2.24) is 15.5 Å². The third-order valence-corrected chi connectivity index (χ3v) is 2.02. The van der Waals surface area contributed by atoms with E-state index in [1.807, 2.05) is 13.1 Å². The molecule has 0 saturated heterocycles. The summed E-state index contributed by atoms with van der Waals surface area (Å²) in [5, 5.41) is 14.4. The largest absolute Gasteiger partial charge is 0.368 e. The van der Waals surface area contributed by atoms with E-state index in [2.05, 4.69) is 27.8 Å². The normalized spacial score (nSPS) is 12.5. The summed E-state index contributed by atoms with van der Waals surface area (Å²) in [5.41, 5.74) is 0. The van der Waals surface area contributed by atoms with Gasteiger partial charge < -0.3 is 10.6 Å². The smallest absolute Gasteiger partial charge is 0.151 e. The maximum Gasteiger partial charge on any atom is 0.151 e. The molecule has 2 N–H and O–H groups in total. The molecule has 0 spiro atoms. The van der Waals surface area contributed by atoms with Crippen LogP contribution in [0.15, 0.2) is 12.1 Å². The Kier molecular flexibility index (Phi) is 4.62. The molecule has 0 amide bonds. The first-order valence-electron chi connectivity index (χ1n) is 4.60. The molecule has 1 rings (SSSR count). The molecule has 1 atom stereocenters. The molecule has 0 radical (unpaired) electrons. The Labute approximate surface area is 89.1 Å². The van der Waals surface area contributed by atoms with E-state index < -0.39 is 0 Å². The highest BCUT2D eigenvalue weighted by atomic mass is 35.5. The summed E-state index contributed by atoms with van der Waals surface area (Å²) in [5.74, 6) is 1.31. The number of nitrogens with one attached hydrogen (secondary N) is 2. The van der Waals surface area contributed by atoms with Crippen molar-refractivity contribution in [2.24, 2.45) is 5.92 Å². The van der Waals surface area contributed by atoms with Gasteiger partial charge in [0, 0.05) is 6.54 Å². The van der Waals surface area contributed by atoms with Gasteiger partial charge in [0.25, 0.3) is 0 Å². The van der Waals surface area contributed by atoms with Crippen molar-refractivity contribution in [1.29, 1.82) is 0 Å². The van der Waals surface area contributed by atoms with Gasteiger partial charge in [0.1, 0.15) is 5.82 Å². The van der Waals surface area contributed by atoms with Crippen molar-refractivity contribution in [3.05, 3.63) is 17.3 Å². The van der Waals surface area contributed by atoms with E-state index in [0.717, 1.165) is 18.9 Å². The van der Waals surface area contributed by atoms with Gasteiger partial charge in [0.2, 0.25) is 0 Å². The zero-order chi connectivity index (χ0) is 10.4. The summed E-state index contributed by atoms with van der Waals surface area (Å²) < 4.78 is 0. The lowest BCUT2D eigenvalue weighted by Crippen LogP contribution is -2.23. The number of halogens is 1. The third kappa shape index (κ3) is 3.89. The van der Waals surface area contributed by atoms with Crippen molar-refractivity contribution < 1.29 is 0 Å². The lowest BCUT2D eigenvalue weighted by Gasteiger charge is -2.11. The monoisotopic (exact) mass is 214 g/mol. The zero-order valence-corrected chi connectivity index (χ0v) is 9.17. The molecule has 4 nitrogen and oxygen atoms in total. The maximum atomic E-state index is 5.61. The van der Waals surface area contributed by atoms with Gasteiger partial charge in [-0.15, -0.1) is 10.2 Å². The molecule has 78 valence electrons. The summed E-state index contributed by atoms with van der Waals surface area (Å²) in [6.45, 7) is 4.01. The fraction of sp³-hybridized carbons (Fsp3) is 0.556. The van der Waals surface area contributed by atoms with Gasteiger partial charge in [-0.3, -0.25) is 0 Å². The number of aromatic nitrogens is 2. The Morgan fingerprint density at radius 2 is 2.14 bits per heavy atom. The second-order valence-corrected chi connectivity index (χ2v) is 3.67. The predicted octanol–water partition coefficient (Wildman–Crippen LogP) is 1.40. The van der Waals surface area contributed by atoms with Gasteiger partial charge in [-0.1, -0.05) is 18.5 Å². The minimum absolute atomic E-state index is 0.416. The highest BCUT2D eigenvalue weighted by molar-refractivity contribution is 6.29. The minimum atomic E-state index is 0.416. The molecule has 1 aromatic rings. The molecule has 0 aromatic carbocycles. The van der Waals surface area contributed by atoms with Gasteiger partial charge in [-0.2, -0.15) is 0 Å². The van der Waals surface area contributed by atoms with Crippen LogP contribution in [0.4, 0.5) is 5.82 Å². The first-order chi connectivity index (χ1) is 6.72. The molecule has 1 unspecified atom stereocenters. The van der Waals surface area contributed by atoms with Crippen molar-refractivity contribution in [3.8, 4) is 0 Å². The van der Waals surface area contributed by atoms with E-state index in [0.29, 0.717) is 11.1 Å². The molecule has 1 heterocycles. The Hall–Kier alpha value is -0.870. The molecule has 0 aliphatic rings. The van der Waals surface area contributed by atoms with Gasteiger partial charge >= 0.3 is 0 Å². The Bertz CT molecular complexity index is 262. The Balaban J connectivity index is 2.34. The standard InChI is InChI=1S/C9H15ClN4/c1-7(5-11-2)6-12-9-4-3-8(10)13-14-9/h3-4,7,11H,5-6H2,1-2H3,(H,12,14). The molecule has 0 bridgehead atoms. The first kappa shape index (κ1) is 11.2. The zero-order valence-electron chi connectivity index (χ0n) is 8.42. The van der Waals surface area contributed by atoms with Crippen molar-refractivity contribution >= 4 is 17.4 Å². The van der Waals surface area contributed by atoms with Crippen LogP contribution in [-0.2, 0) is 0 Å². The predicted molar refractivity (Wildman–Crippen MR) is 58.6 cm³/mol. The SMILES string of the molecule is CNCC(C)CNc1ccc(Cl)nn1. The number of hydrogen-bond acceptors (Lipinski definition) is 4. The highest BCUT2D eigenvalue weighted by Gasteiger charge is 2.00. The van der Waals surface area contributed by atoms with Crippen LogP contribution in [0.2, 0.25) is 5.15 Å². The van der Waals surface area contributed by atoms with Crippen LogP contribution < -0.4 is 10.6 Å². The van der Waals surface area contributed by atoms with Crippen LogP contribution in [0.5, 0.6) is 0 Å². The van der Waals surface area contributed by atoms with E-state index in [1.54, 1.807) is 6.07 Å². The van der Waals surface area contributed by atoms with E-state index >= 15 is 0 Å². The fourth-order valence-electron chi connectivity index (χ4n) is 1.11. The lowest BCUT2D eigenvalue weighted by molar-refractivity contribution is 0.568. The van der Waals surface area contributed by atoms with Gasteiger partial charge in [0.15, 0.2) is 5.15 Å². The quantitative estimate of drug-likeness (QED) is 0.778. The van der Waals surface area contributed by atoms with E-state index in [1.165, 1.54) is 0 Å². The Morgan fingerprint density at radius 3 is 2.71 bits per heavy atom. The first-order valence-corrected chi connectivity index (χ1v) is 4.98. The second kappa shape index (κ2) is 5.78. The fourth-order valence-corrected chi connectivity index (χ4v) is 1.21. The van der Waals surface area contributed by atoms with Crippen LogP contribution >= 0.6 is 11.6 Å². The number of anilines is 1. The lowest BCUT2D eigenvalue weighted by atomic mass is 10.2. The Morgan fingerprint density at radius 1 is 1.36 bits per heavy atom. The molecule has 0 aliphatic heterocycles. The summed E-state index contributed by atoms with van der Waals surface area (Å²) >= 11 is 5.61. The molecular weight excluding hydrogens is 200 g/mol. The number of rotatable bonds is 5. The third-order valence-electron chi connectivity index (χ3n) is 1.82. The van der Waals surface area contributed by atoms with E-state index in [9.17, 15) is 0 Å². The van der Waals surface area contributed by atoms with Crippen LogP contribution in [0.25, 0.3) is 0 Å². The summed E-state index contributed by atoms with van der Waals surface area (Å²) in [6.07, 6.45) is 0. The topological polar surface area (TPSA) is 49.8 Å². The highest BCUT2D eigenvalue weighted by Crippen LogP contribution is 2.06. The number of hydrogen-bond donors (Lipinski definition) is 2.